The van der Waals surface area contributed by atoms with E-state index in [1.165, 1.54) is 38.5 Å². The van der Waals surface area contributed by atoms with E-state index in [4.69, 9.17) is 9.97 Å². The largest absolute Gasteiger partial charge is 0.294 e. The van der Waals surface area contributed by atoms with Gasteiger partial charge in [0.15, 0.2) is 0 Å². The molecule has 0 atom stereocenters. The SMILES string of the molecule is CC(C)(C)c1ccc(-n2c3ccccc3c3c(CC(C)(C)c4cc(-c5ccccc5)nc(-c5ccccc5)c4)cccc32)nc1. The van der Waals surface area contributed by atoms with Gasteiger partial charge in [0.05, 0.1) is 22.4 Å². The van der Waals surface area contributed by atoms with Crippen LogP contribution in [0.15, 0.2) is 134 Å². The molecular formula is C42H39N3. The lowest BCUT2D eigenvalue weighted by molar-refractivity contribution is 0.524. The second-order valence-electron chi connectivity index (χ2n) is 13.7. The topological polar surface area (TPSA) is 30.7 Å². The molecule has 3 heterocycles. The summed E-state index contributed by atoms with van der Waals surface area (Å²) in [6.07, 6.45) is 2.90. The second kappa shape index (κ2) is 11.2. The molecule has 0 aliphatic rings. The van der Waals surface area contributed by atoms with E-state index in [2.05, 4.69) is 167 Å². The van der Waals surface area contributed by atoms with E-state index in [1.54, 1.807) is 0 Å². The van der Waals surface area contributed by atoms with E-state index in [0.29, 0.717) is 0 Å². The summed E-state index contributed by atoms with van der Waals surface area (Å²) in [6, 6.07) is 45.4. The maximum atomic E-state index is 5.13. The molecule has 4 aromatic carbocycles. The van der Waals surface area contributed by atoms with Crippen molar-refractivity contribution >= 4 is 21.8 Å². The summed E-state index contributed by atoms with van der Waals surface area (Å²) >= 11 is 0. The fourth-order valence-corrected chi connectivity index (χ4v) is 6.46. The molecule has 0 saturated heterocycles. The van der Waals surface area contributed by atoms with E-state index in [0.717, 1.165) is 34.8 Å². The van der Waals surface area contributed by atoms with Gasteiger partial charge in [-0.25, -0.2) is 9.97 Å². The van der Waals surface area contributed by atoms with Crippen molar-refractivity contribution in [3.63, 3.8) is 0 Å². The first-order valence-corrected chi connectivity index (χ1v) is 15.8. The average Bonchev–Trinajstić information content (AvgIpc) is 3.40. The summed E-state index contributed by atoms with van der Waals surface area (Å²) in [4.78, 5) is 10.1. The monoisotopic (exact) mass is 585 g/mol. The normalized spacial score (nSPS) is 12.2. The highest BCUT2D eigenvalue weighted by Gasteiger charge is 2.26. The summed E-state index contributed by atoms with van der Waals surface area (Å²) in [7, 11) is 0. The van der Waals surface area contributed by atoms with Crippen molar-refractivity contribution in [1.29, 1.82) is 0 Å². The van der Waals surface area contributed by atoms with Gasteiger partial charge in [-0.1, -0.05) is 132 Å². The summed E-state index contributed by atoms with van der Waals surface area (Å²) in [5.74, 6) is 0.944. The third-order valence-electron chi connectivity index (χ3n) is 9.01. The number of benzene rings is 4. The number of para-hydroxylation sites is 1. The quantitative estimate of drug-likeness (QED) is 0.194. The molecule has 0 N–H and O–H groups in total. The number of fused-ring (bicyclic) bond motifs is 3. The Hall–Kier alpha value is -5.02. The molecule has 0 unspecified atom stereocenters. The summed E-state index contributed by atoms with van der Waals surface area (Å²) < 4.78 is 2.32. The van der Waals surface area contributed by atoms with Crippen LogP contribution in [-0.4, -0.2) is 14.5 Å². The summed E-state index contributed by atoms with van der Waals surface area (Å²) in [5.41, 5.74) is 10.3. The first kappa shape index (κ1) is 28.7. The van der Waals surface area contributed by atoms with Crippen molar-refractivity contribution in [1.82, 2.24) is 14.5 Å². The lowest BCUT2D eigenvalue weighted by atomic mass is 9.77. The van der Waals surface area contributed by atoms with Crippen LogP contribution in [0.2, 0.25) is 0 Å². The fourth-order valence-electron chi connectivity index (χ4n) is 6.46. The minimum absolute atomic E-state index is 0.0544. The molecule has 3 nitrogen and oxygen atoms in total. The molecule has 0 bridgehead atoms. The Kier molecular flexibility index (Phi) is 7.13. The predicted octanol–water partition coefficient (Wildman–Crippen LogP) is 10.7. The van der Waals surface area contributed by atoms with Crippen LogP contribution in [0.1, 0.15) is 51.3 Å². The van der Waals surface area contributed by atoms with Crippen LogP contribution in [0.4, 0.5) is 0 Å². The van der Waals surface area contributed by atoms with Crippen LogP contribution in [0.5, 0.6) is 0 Å². The van der Waals surface area contributed by atoms with Crippen LogP contribution in [0.25, 0.3) is 50.1 Å². The maximum Gasteiger partial charge on any atom is 0.137 e. The number of hydrogen-bond acceptors (Lipinski definition) is 2. The van der Waals surface area contributed by atoms with Crippen LogP contribution >= 0.6 is 0 Å². The average molecular weight is 586 g/mol. The van der Waals surface area contributed by atoms with Crippen molar-refractivity contribution in [2.75, 3.05) is 0 Å². The van der Waals surface area contributed by atoms with Gasteiger partial charge in [0.1, 0.15) is 5.82 Å². The number of nitrogens with zero attached hydrogens (tertiary/aromatic N) is 3. The van der Waals surface area contributed by atoms with Gasteiger partial charge in [0, 0.05) is 28.1 Å². The smallest absolute Gasteiger partial charge is 0.137 e. The van der Waals surface area contributed by atoms with Gasteiger partial charge < -0.3 is 0 Å². The molecule has 0 fully saturated rings. The van der Waals surface area contributed by atoms with Gasteiger partial charge >= 0.3 is 0 Å². The van der Waals surface area contributed by atoms with Crippen LogP contribution in [-0.2, 0) is 17.3 Å². The third kappa shape index (κ3) is 5.44. The minimum atomic E-state index is -0.167. The second-order valence-corrected chi connectivity index (χ2v) is 13.7. The van der Waals surface area contributed by atoms with Crippen molar-refractivity contribution in [3.05, 3.63) is 150 Å². The Morgan fingerprint density at radius 2 is 1.18 bits per heavy atom. The molecule has 45 heavy (non-hydrogen) atoms. The third-order valence-corrected chi connectivity index (χ3v) is 9.01. The molecule has 0 saturated carbocycles. The van der Waals surface area contributed by atoms with Gasteiger partial charge in [-0.3, -0.25) is 4.57 Å². The highest BCUT2D eigenvalue weighted by atomic mass is 15.1. The van der Waals surface area contributed by atoms with Gasteiger partial charge in [0.25, 0.3) is 0 Å². The zero-order chi connectivity index (χ0) is 31.2. The molecule has 222 valence electrons. The van der Waals surface area contributed by atoms with Crippen LogP contribution in [0, 0.1) is 0 Å². The first-order chi connectivity index (χ1) is 21.7. The van der Waals surface area contributed by atoms with Crippen LogP contribution < -0.4 is 0 Å². The molecule has 7 aromatic rings. The van der Waals surface area contributed by atoms with Crippen molar-refractivity contribution in [3.8, 4) is 28.3 Å². The summed E-state index contributed by atoms with van der Waals surface area (Å²) in [6.45, 7) is 11.4. The maximum absolute atomic E-state index is 5.13. The first-order valence-electron chi connectivity index (χ1n) is 15.8. The summed E-state index contributed by atoms with van der Waals surface area (Å²) in [5, 5.41) is 2.55. The molecular weight excluding hydrogens is 546 g/mol. The minimum Gasteiger partial charge on any atom is -0.294 e. The van der Waals surface area contributed by atoms with E-state index >= 15 is 0 Å². The van der Waals surface area contributed by atoms with E-state index < -0.39 is 0 Å². The molecule has 0 amide bonds. The van der Waals surface area contributed by atoms with Crippen molar-refractivity contribution < 1.29 is 0 Å². The van der Waals surface area contributed by atoms with Crippen molar-refractivity contribution in [2.24, 2.45) is 0 Å². The van der Waals surface area contributed by atoms with E-state index in [1.807, 2.05) is 6.20 Å². The molecule has 7 rings (SSSR count). The Balaban J connectivity index is 1.36. The highest BCUT2D eigenvalue weighted by molar-refractivity contribution is 6.10. The van der Waals surface area contributed by atoms with Crippen molar-refractivity contribution in [2.45, 2.75) is 51.9 Å². The molecule has 3 aromatic heterocycles. The Morgan fingerprint density at radius 3 is 1.78 bits per heavy atom. The molecule has 0 aliphatic carbocycles. The molecule has 0 spiro atoms. The number of aromatic nitrogens is 3. The lowest BCUT2D eigenvalue weighted by Crippen LogP contribution is -2.21. The Morgan fingerprint density at radius 1 is 0.578 bits per heavy atom. The standard InChI is InChI=1S/C42H39N3/c1-41(2,3)32-23-24-39(43-28-32)45-37-21-13-12-20-34(37)40-31(19-14-22-38(40)45)27-42(4,5)33-25-35(29-15-8-6-9-16-29)44-36(26-33)30-17-10-7-11-18-30/h6-26,28H,27H2,1-5H3. The lowest BCUT2D eigenvalue weighted by Gasteiger charge is -2.27. The van der Waals surface area contributed by atoms with E-state index in [9.17, 15) is 0 Å². The highest BCUT2D eigenvalue weighted by Crippen LogP contribution is 2.39. The van der Waals surface area contributed by atoms with Gasteiger partial charge in [-0.15, -0.1) is 0 Å². The van der Waals surface area contributed by atoms with Crippen LogP contribution in [0.3, 0.4) is 0 Å². The van der Waals surface area contributed by atoms with Gasteiger partial charge in [-0.05, 0) is 64.3 Å². The number of pyridine rings is 2. The zero-order valence-corrected chi connectivity index (χ0v) is 26.8. The van der Waals surface area contributed by atoms with Gasteiger partial charge in [-0.2, -0.15) is 0 Å². The fraction of sp³-hybridized carbons (Fsp3) is 0.190. The van der Waals surface area contributed by atoms with E-state index in [-0.39, 0.29) is 10.8 Å². The molecule has 3 heteroatoms. The molecule has 0 radical (unpaired) electrons. The number of hydrogen-bond donors (Lipinski definition) is 0. The number of rotatable bonds is 6. The van der Waals surface area contributed by atoms with Gasteiger partial charge in [0.2, 0.25) is 0 Å². The zero-order valence-electron chi connectivity index (χ0n) is 26.8. The Bertz CT molecular complexity index is 2060. The predicted molar refractivity (Wildman–Crippen MR) is 189 cm³/mol. The molecule has 0 aliphatic heterocycles. The Labute approximate surface area is 266 Å².